The van der Waals surface area contributed by atoms with Gasteiger partial charge in [0.05, 0.1) is 4.90 Å². The largest absolute Gasteiger partial charge is 0.280 e. The van der Waals surface area contributed by atoms with Gasteiger partial charge in [-0.15, -0.1) is 10.2 Å². The van der Waals surface area contributed by atoms with Crippen LogP contribution in [0.15, 0.2) is 47.4 Å². The lowest BCUT2D eigenvalue weighted by molar-refractivity contribution is 0.601. The Morgan fingerprint density at radius 2 is 1.74 bits per heavy atom. The van der Waals surface area contributed by atoms with Gasteiger partial charge in [0.25, 0.3) is 10.0 Å². The van der Waals surface area contributed by atoms with Crippen LogP contribution in [-0.4, -0.2) is 29.0 Å². The number of hydrogen-bond donors (Lipinski definition) is 2. The average molecular weight is 329 g/mol. The first kappa shape index (κ1) is 15.2. The molecule has 0 unspecified atom stereocenters. The van der Waals surface area contributed by atoms with Crippen molar-refractivity contribution in [3.05, 3.63) is 53.6 Å². The second kappa shape index (κ2) is 5.81. The lowest BCUT2D eigenvalue weighted by Crippen LogP contribution is -2.13. The molecule has 0 radical (unpaired) electrons. The van der Waals surface area contributed by atoms with E-state index in [1.54, 1.807) is 42.5 Å². The molecular formula is C15H15N5O2S. The molecule has 118 valence electrons. The normalized spacial score (nSPS) is 11.4. The summed E-state index contributed by atoms with van der Waals surface area (Å²) < 4.78 is 27.4. The molecule has 0 fully saturated rings. The van der Waals surface area contributed by atoms with Gasteiger partial charge in [0, 0.05) is 11.3 Å². The molecule has 7 nitrogen and oxygen atoms in total. The zero-order chi connectivity index (χ0) is 16.4. The van der Waals surface area contributed by atoms with Gasteiger partial charge in [0.2, 0.25) is 5.82 Å². The predicted octanol–water partition coefficient (Wildman–Crippen LogP) is 2.28. The number of rotatable bonds is 4. The molecule has 2 aromatic carbocycles. The fourth-order valence-corrected chi connectivity index (χ4v) is 3.21. The first-order chi connectivity index (χ1) is 11.0. The van der Waals surface area contributed by atoms with E-state index in [0.29, 0.717) is 11.5 Å². The molecule has 0 atom stereocenters. The van der Waals surface area contributed by atoms with Crippen molar-refractivity contribution in [1.82, 2.24) is 20.6 Å². The predicted molar refractivity (Wildman–Crippen MR) is 86.3 cm³/mol. The van der Waals surface area contributed by atoms with Crippen LogP contribution in [0.3, 0.4) is 0 Å². The highest BCUT2D eigenvalue weighted by atomic mass is 32.2. The van der Waals surface area contributed by atoms with Crippen LogP contribution >= 0.6 is 0 Å². The summed E-state index contributed by atoms with van der Waals surface area (Å²) in [5.74, 6) is 0.452. The Balaban J connectivity index is 1.84. The van der Waals surface area contributed by atoms with E-state index in [-0.39, 0.29) is 4.90 Å². The highest BCUT2D eigenvalue weighted by molar-refractivity contribution is 7.92. The third-order valence-electron chi connectivity index (χ3n) is 3.53. The fourth-order valence-electron chi connectivity index (χ4n) is 2.07. The Labute approximate surface area is 133 Å². The van der Waals surface area contributed by atoms with Gasteiger partial charge in [0.15, 0.2) is 0 Å². The molecule has 8 heteroatoms. The monoisotopic (exact) mass is 329 g/mol. The van der Waals surface area contributed by atoms with Crippen molar-refractivity contribution in [3.8, 4) is 11.4 Å². The van der Waals surface area contributed by atoms with Crippen molar-refractivity contribution < 1.29 is 8.42 Å². The first-order valence-corrected chi connectivity index (χ1v) is 8.38. The summed E-state index contributed by atoms with van der Waals surface area (Å²) in [6.07, 6.45) is 0. The highest BCUT2D eigenvalue weighted by Gasteiger charge is 2.15. The van der Waals surface area contributed by atoms with Gasteiger partial charge in [-0.05, 0) is 66.6 Å². The fraction of sp³-hybridized carbons (Fsp3) is 0.133. The number of aromatic nitrogens is 4. The number of nitrogens with one attached hydrogen (secondary N) is 2. The topological polar surface area (TPSA) is 101 Å². The zero-order valence-electron chi connectivity index (χ0n) is 12.6. The molecule has 0 spiro atoms. The standard InChI is InChI=1S/C15H15N5O2S/c1-10-3-8-14(9-11(10)2)23(21,22)18-13-6-4-12(5-7-13)15-16-19-20-17-15/h3-9,18H,1-2H3,(H,16,17,19,20). The second-order valence-corrected chi connectivity index (χ2v) is 6.85. The van der Waals surface area contributed by atoms with E-state index in [0.717, 1.165) is 16.7 Å². The summed E-state index contributed by atoms with van der Waals surface area (Å²) >= 11 is 0. The molecular weight excluding hydrogens is 314 g/mol. The molecule has 0 aliphatic carbocycles. The third-order valence-corrected chi connectivity index (χ3v) is 4.91. The van der Waals surface area contributed by atoms with Crippen LogP contribution in [0.2, 0.25) is 0 Å². The Kier molecular flexibility index (Phi) is 3.83. The summed E-state index contributed by atoms with van der Waals surface area (Å²) in [6, 6.07) is 11.8. The Hall–Kier alpha value is -2.74. The molecule has 3 rings (SSSR count). The SMILES string of the molecule is Cc1ccc(S(=O)(=O)Nc2ccc(-c3nn[nH]n3)cc2)cc1C. The Morgan fingerprint density at radius 3 is 2.35 bits per heavy atom. The van der Waals surface area contributed by atoms with Gasteiger partial charge in [0.1, 0.15) is 0 Å². The molecule has 1 aromatic heterocycles. The van der Waals surface area contributed by atoms with Gasteiger partial charge in [-0.25, -0.2) is 8.42 Å². The molecule has 0 aliphatic rings. The van der Waals surface area contributed by atoms with Gasteiger partial charge in [-0.3, -0.25) is 4.72 Å². The number of aromatic amines is 1. The lowest BCUT2D eigenvalue weighted by atomic mass is 10.1. The average Bonchev–Trinajstić information content (AvgIpc) is 3.04. The summed E-state index contributed by atoms with van der Waals surface area (Å²) in [4.78, 5) is 0.239. The third kappa shape index (κ3) is 3.21. The molecule has 1 heterocycles. The molecule has 3 aromatic rings. The van der Waals surface area contributed by atoms with Gasteiger partial charge >= 0.3 is 0 Å². The number of nitrogens with zero attached hydrogens (tertiary/aromatic N) is 3. The molecule has 0 amide bonds. The molecule has 2 N–H and O–H groups in total. The number of tetrazole rings is 1. The number of hydrogen-bond acceptors (Lipinski definition) is 5. The van der Waals surface area contributed by atoms with Crippen molar-refractivity contribution >= 4 is 15.7 Å². The number of H-pyrrole nitrogens is 1. The van der Waals surface area contributed by atoms with E-state index in [1.165, 1.54) is 0 Å². The van der Waals surface area contributed by atoms with Gasteiger partial charge in [-0.2, -0.15) is 5.21 Å². The number of sulfonamides is 1. The maximum absolute atomic E-state index is 12.4. The molecule has 0 bridgehead atoms. The van der Waals surface area contributed by atoms with Crippen LogP contribution in [0.25, 0.3) is 11.4 Å². The first-order valence-electron chi connectivity index (χ1n) is 6.90. The summed E-state index contributed by atoms with van der Waals surface area (Å²) in [6.45, 7) is 3.82. The Bertz CT molecular complexity index is 919. The van der Waals surface area contributed by atoms with Crippen molar-refractivity contribution in [2.24, 2.45) is 0 Å². The van der Waals surface area contributed by atoms with Crippen LogP contribution in [0.1, 0.15) is 11.1 Å². The minimum Gasteiger partial charge on any atom is -0.280 e. The van der Waals surface area contributed by atoms with E-state index >= 15 is 0 Å². The smallest absolute Gasteiger partial charge is 0.261 e. The van der Waals surface area contributed by atoms with Crippen molar-refractivity contribution in [3.63, 3.8) is 0 Å². The van der Waals surface area contributed by atoms with Crippen molar-refractivity contribution in [2.45, 2.75) is 18.7 Å². The van der Waals surface area contributed by atoms with E-state index in [9.17, 15) is 8.42 Å². The summed E-state index contributed by atoms with van der Waals surface area (Å²) in [5, 5.41) is 13.6. The minimum atomic E-state index is -3.62. The highest BCUT2D eigenvalue weighted by Crippen LogP contribution is 2.21. The quantitative estimate of drug-likeness (QED) is 0.765. The molecule has 0 saturated carbocycles. The van der Waals surface area contributed by atoms with E-state index in [1.807, 2.05) is 13.8 Å². The number of aryl methyl sites for hydroxylation is 2. The Morgan fingerprint density at radius 1 is 1.00 bits per heavy atom. The summed E-state index contributed by atoms with van der Waals surface area (Å²) in [7, 11) is -3.62. The van der Waals surface area contributed by atoms with Crippen LogP contribution in [0.5, 0.6) is 0 Å². The van der Waals surface area contributed by atoms with Crippen LogP contribution in [0.4, 0.5) is 5.69 Å². The van der Waals surface area contributed by atoms with E-state index in [4.69, 9.17) is 0 Å². The zero-order valence-corrected chi connectivity index (χ0v) is 13.4. The van der Waals surface area contributed by atoms with Crippen molar-refractivity contribution in [2.75, 3.05) is 4.72 Å². The molecule has 0 saturated heterocycles. The van der Waals surface area contributed by atoms with E-state index < -0.39 is 10.0 Å². The van der Waals surface area contributed by atoms with E-state index in [2.05, 4.69) is 25.3 Å². The molecule has 0 aliphatic heterocycles. The maximum atomic E-state index is 12.4. The summed E-state index contributed by atoms with van der Waals surface area (Å²) in [5.41, 5.74) is 3.19. The van der Waals surface area contributed by atoms with Crippen LogP contribution in [-0.2, 0) is 10.0 Å². The second-order valence-electron chi connectivity index (χ2n) is 5.16. The number of anilines is 1. The van der Waals surface area contributed by atoms with Crippen molar-refractivity contribution in [1.29, 1.82) is 0 Å². The maximum Gasteiger partial charge on any atom is 0.261 e. The van der Waals surface area contributed by atoms with Crippen LogP contribution in [0, 0.1) is 13.8 Å². The van der Waals surface area contributed by atoms with Gasteiger partial charge in [-0.1, -0.05) is 6.07 Å². The molecule has 23 heavy (non-hydrogen) atoms. The number of benzene rings is 2. The minimum absolute atomic E-state index is 0.239. The van der Waals surface area contributed by atoms with Gasteiger partial charge < -0.3 is 0 Å². The van der Waals surface area contributed by atoms with Crippen LogP contribution < -0.4 is 4.72 Å². The lowest BCUT2D eigenvalue weighted by Gasteiger charge is -2.10.